The summed E-state index contributed by atoms with van der Waals surface area (Å²) in [6, 6.07) is 0.102. The van der Waals surface area contributed by atoms with Gasteiger partial charge < -0.3 is 4.90 Å². The first-order chi connectivity index (χ1) is 10.1. The Hall–Kier alpha value is -1.65. The molecule has 0 aromatic carbocycles. The van der Waals surface area contributed by atoms with Crippen molar-refractivity contribution in [3.05, 3.63) is 17.5 Å². The quantitative estimate of drug-likeness (QED) is 0.837. The first-order valence-corrected chi connectivity index (χ1v) is 7.92. The van der Waals surface area contributed by atoms with Gasteiger partial charge in [-0.05, 0) is 32.6 Å². The molecular weight excluding hydrogens is 266 g/mol. The van der Waals surface area contributed by atoms with E-state index in [1.165, 1.54) is 0 Å². The van der Waals surface area contributed by atoms with Crippen LogP contribution in [-0.2, 0) is 11.8 Å². The molecule has 21 heavy (non-hydrogen) atoms. The fourth-order valence-corrected chi connectivity index (χ4v) is 3.74. The molecule has 3 rings (SSSR count). The van der Waals surface area contributed by atoms with E-state index in [1.54, 1.807) is 10.9 Å². The summed E-state index contributed by atoms with van der Waals surface area (Å²) < 4.78 is 1.73. The van der Waals surface area contributed by atoms with E-state index >= 15 is 0 Å². The molecule has 1 aromatic rings. The first kappa shape index (κ1) is 14.3. The Balaban J connectivity index is 1.82. The number of ketones is 1. The number of amides is 1. The number of carbonyl (C=O) groups is 2. The Labute approximate surface area is 125 Å². The van der Waals surface area contributed by atoms with Gasteiger partial charge in [0, 0.05) is 37.7 Å². The van der Waals surface area contributed by atoms with E-state index in [0.717, 1.165) is 44.3 Å². The number of nitrogens with zero attached hydrogens (tertiary/aromatic N) is 3. The van der Waals surface area contributed by atoms with Crippen LogP contribution in [0.1, 0.15) is 54.6 Å². The monoisotopic (exact) mass is 289 g/mol. The lowest BCUT2D eigenvalue weighted by atomic mass is 9.81. The third-order valence-electron chi connectivity index (χ3n) is 5.09. The zero-order valence-corrected chi connectivity index (χ0v) is 12.8. The summed E-state index contributed by atoms with van der Waals surface area (Å²) >= 11 is 0. The topological polar surface area (TPSA) is 55.2 Å². The number of hydrogen-bond acceptors (Lipinski definition) is 3. The third-order valence-corrected chi connectivity index (χ3v) is 5.09. The summed E-state index contributed by atoms with van der Waals surface area (Å²) in [5.41, 5.74) is 1.56. The molecule has 0 spiro atoms. The average Bonchev–Trinajstić information content (AvgIpc) is 3.07. The van der Waals surface area contributed by atoms with Crippen LogP contribution < -0.4 is 0 Å². The molecule has 1 saturated heterocycles. The van der Waals surface area contributed by atoms with Crippen LogP contribution in [0.25, 0.3) is 0 Å². The third kappa shape index (κ3) is 2.49. The predicted molar refractivity (Wildman–Crippen MR) is 79.0 cm³/mol. The largest absolute Gasteiger partial charge is 0.335 e. The highest BCUT2D eigenvalue weighted by atomic mass is 16.2. The Morgan fingerprint density at radius 3 is 2.76 bits per heavy atom. The number of likely N-dealkylation sites (tertiary alicyclic amines) is 1. The van der Waals surface area contributed by atoms with Crippen molar-refractivity contribution in [1.82, 2.24) is 14.7 Å². The van der Waals surface area contributed by atoms with Gasteiger partial charge in [-0.25, -0.2) is 0 Å². The summed E-state index contributed by atoms with van der Waals surface area (Å²) in [6.07, 6.45) is 7.36. The zero-order chi connectivity index (χ0) is 15.0. The molecule has 1 aromatic heterocycles. The average molecular weight is 289 g/mol. The lowest BCUT2D eigenvalue weighted by Gasteiger charge is -2.33. The van der Waals surface area contributed by atoms with Crippen LogP contribution in [0.2, 0.25) is 0 Å². The second-order valence-corrected chi connectivity index (χ2v) is 6.29. The minimum atomic E-state index is 0.0430. The fourth-order valence-electron chi connectivity index (χ4n) is 3.74. The van der Waals surface area contributed by atoms with Crippen molar-refractivity contribution in [1.29, 1.82) is 0 Å². The summed E-state index contributed by atoms with van der Waals surface area (Å²) in [5.74, 6) is 0.456. The van der Waals surface area contributed by atoms with Crippen LogP contribution in [0.5, 0.6) is 0 Å². The van der Waals surface area contributed by atoms with E-state index in [2.05, 4.69) is 5.10 Å². The van der Waals surface area contributed by atoms with Gasteiger partial charge in [-0.2, -0.15) is 5.10 Å². The molecule has 1 amide bonds. The van der Waals surface area contributed by atoms with Crippen molar-refractivity contribution in [2.45, 2.75) is 51.5 Å². The number of rotatable bonds is 2. The van der Waals surface area contributed by atoms with E-state index in [4.69, 9.17) is 0 Å². The molecule has 1 saturated carbocycles. The molecule has 2 aliphatic rings. The van der Waals surface area contributed by atoms with Crippen molar-refractivity contribution in [2.24, 2.45) is 13.0 Å². The molecule has 0 radical (unpaired) electrons. The lowest BCUT2D eigenvalue weighted by Crippen LogP contribution is -2.43. The minimum absolute atomic E-state index is 0.0430. The van der Waals surface area contributed by atoms with Crippen molar-refractivity contribution in [3.63, 3.8) is 0 Å². The van der Waals surface area contributed by atoms with Gasteiger partial charge in [-0.15, -0.1) is 0 Å². The molecule has 1 aliphatic heterocycles. The molecule has 1 aliphatic carbocycles. The maximum Gasteiger partial charge on any atom is 0.257 e. The fraction of sp³-hybridized carbons (Fsp3) is 0.688. The van der Waals surface area contributed by atoms with Crippen LogP contribution in [0, 0.1) is 12.8 Å². The first-order valence-electron chi connectivity index (χ1n) is 7.92. The molecule has 2 unspecified atom stereocenters. The molecule has 0 N–H and O–H groups in total. The van der Waals surface area contributed by atoms with Crippen LogP contribution in [0.4, 0.5) is 0 Å². The molecule has 2 heterocycles. The molecule has 5 nitrogen and oxygen atoms in total. The standard InChI is InChI=1S/C16H23N3O2/c1-11-13(10-17-18(11)2)16(21)19-9-5-7-14(19)12-6-3-4-8-15(12)20/h10,12,14H,3-9H2,1-2H3. The summed E-state index contributed by atoms with van der Waals surface area (Å²) in [4.78, 5) is 26.9. The van der Waals surface area contributed by atoms with E-state index < -0.39 is 0 Å². The normalized spacial score (nSPS) is 26.4. The molecule has 0 bridgehead atoms. The second-order valence-electron chi connectivity index (χ2n) is 6.29. The number of hydrogen-bond donors (Lipinski definition) is 0. The maximum absolute atomic E-state index is 12.8. The molecule has 2 fully saturated rings. The highest BCUT2D eigenvalue weighted by Gasteiger charge is 2.39. The second kappa shape index (κ2) is 5.62. The van der Waals surface area contributed by atoms with E-state index in [9.17, 15) is 9.59 Å². The summed E-state index contributed by atoms with van der Waals surface area (Å²) in [5, 5.41) is 4.16. The number of carbonyl (C=O) groups excluding carboxylic acids is 2. The molecule has 5 heteroatoms. The van der Waals surface area contributed by atoms with Gasteiger partial charge in [0.25, 0.3) is 5.91 Å². The Morgan fingerprint density at radius 1 is 1.29 bits per heavy atom. The van der Waals surface area contributed by atoms with Gasteiger partial charge in [-0.3, -0.25) is 14.3 Å². The van der Waals surface area contributed by atoms with Crippen molar-refractivity contribution in [2.75, 3.05) is 6.54 Å². The van der Waals surface area contributed by atoms with Crippen LogP contribution >= 0.6 is 0 Å². The van der Waals surface area contributed by atoms with Gasteiger partial charge in [-0.1, -0.05) is 6.42 Å². The zero-order valence-electron chi connectivity index (χ0n) is 12.8. The van der Waals surface area contributed by atoms with Crippen LogP contribution in [-0.4, -0.2) is 39.0 Å². The van der Waals surface area contributed by atoms with Gasteiger partial charge in [0.2, 0.25) is 0 Å². The van der Waals surface area contributed by atoms with Gasteiger partial charge >= 0.3 is 0 Å². The number of Topliss-reactive ketones (excluding diaryl/α,β-unsaturated/α-hetero) is 1. The molecule has 114 valence electrons. The maximum atomic E-state index is 12.8. The van der Waals surface area contributed by atoms with Crippen LogP contribution in [0.3, 0.4) is 0 Å². The predicted octanol–water partition coefficient (Wildman–Crippen LogP) is 2.09. The van der Waals surface area contributed by atoms with Gasteiger partial charge in [0.05, 0.1) is 11.8 Å². The van der Waals surface area contributed by atoms with Gasteiger partial charge in [0.1, 0.15) is 5.78 Å². The number of aromatic nitrogens is 2. The summed E-state index contributed by atoms with van der Waals surface area (Å²) in [6.45, 7) is 2.68. The summed E-state index contributed by atoms with van der Waals surface area (Å²) in [7, 11) is 1.85. The Kier molecular flexibility index (Phi) is 3.83. The Morgan fingerprint density at radius 2 is 2.10 bits per heavy atom. The highest BCUT2D eigenvalue weighted by Crippen LogP contribution is 2.33. The van der Waals surface area contributed by atoms with E-state index in [0.29, 0.717) is 17.8 Å². The SMILES string of the molecule is Cc1c(C(=O)N2CCCC2C2CCCCC2=O)cnn1C. The van der Waals surface area contributed by atoms with Crippen molar-refractivity contribution in [3.8, 4) is 0 Å². The van der Waals surface area contributed by atoms with Crippen LogP contribution in [0.15, 0.2) is 6.20 Å². The highest BCUT2D eigenvalue weighted by molar-refractivity contribution is 5.96. The molecular formula is C16H23N3O2. The van der Waals surface area contributed by atoms with Crippen molar-refractivity contribution >= 4 is 11.7 Å². The van der Waals surface area contributed by atoms with Gasteiger partial charge in [0.15, 0.2) is 0 Å². The molecule has 2 atom stereocenters. The van der Waals surface area contributed by atoms with Crippen molar-refractivity contribution < 1.29 is 9.59 Å². The number of aryl methyl sites for hydroxylation is 1. The Bertz CT molecular complexity index is 564. The van der Waals surface area contributed by atoms with E-state index in [1.807, 2.05) is 18.9 Å². The smallest absolute Gasteiger partial charge is 0.257 e. The minimum Gasteiger partial charge on any atom is -0.335 e. The lowest BCUT2D eigenvalue weighted by molar-refractivity contribution is -0.126. The van der Waals surface area contributed by atoms with E-state index in [-0.39, 0.29) is 17.9 Å².